The third kappa shape index (κ3) is 21.4. The molecule has 0 spiro atoms. The van der Waals surface area contributed by atoms with Gasteiger partial charge < -0.3 is 66.9 Å². The molecule has 2 saturated heterocycles. The Bertz CT molecular complexity index is 5420. The number of hydrogen-bond donors (Lipinski definition) is 9. The second kappa shape index (κ2) is 38.2. The highest BCUT2D eigenvalue weighted by molar-refractivity contribution is 6.03. The molecule has 12 bridgehead atoms. The van der Waals surface area contributed by atoms with Gasteiger partial charge in [0.2, 0.25) is 47.3 Å². The zero-order valence-electron chi connectivity index (χ0n) is 70.1. The second-order valence-electron chi connectivity index (χ2n) is 34.1. The van der Waals surface area contributed by atoms with Crippen molar-refractivity contribution in [2.24, 2.45) is 32.2 Å². The van der Waals surface area contributed by atoms with Crippen LogP contribution in [0.3, 0.4) is 0 Å². The Labute approximate surface area is 706 Å². The fraction of sp³-hybridized carbons (Fsp3) is 0.411. The number of hydrogen-bond acceptors (Lipinski definition) is 21. The topological polar surface area (TPSA) is 411 Å². The van der Waals surface area contributed by atoms with Crippen LogP contribution in [0.4, 0.5) is 0 Å². The van der Waals surface area contributed by atoms with E-state index in [1.54, 1.807) is 140 Å². The molecule has 32 nitrogen and oxygen atoms in total. The van der Waals surface area contributed by atoms with Gasteiger partial charge in [0, 0.05) is 57.3 Å². The predicted octanol–water partition coefficient (Wildman–Crippen LogP) is 6.78. The second-order valence-corrected chi connectivity index (χ2v) is 34.1. The van der Waals surface area contributed by atoms with Gasteiger partial charge in [-0.05, 0) is 137 Å². The lowest BCUT2D eigenvalue weighted by atomic mass is 9.85. The van der Waals surface area contributed by atoms with Crippen LogP contribution in [-0.2, 0) is 93.4 Å². The van der Waals surface area contributed by atoms with Crippen LogP contribution in [0.25, 0.3) is 21.5 Å². The number of amides is 8. The predicted molar refractivity (Wildman–Crippen MR) is 454 cm³/mol. The fourth-order valence-corrected chi connectivity index (χ4v) is 15.7. The number of aromatic nitrogens is 6. The fourth-order valence-electron chi connectivity index (χ4n) is 15.7. The van der Waals surface area contributed by atoms with Crippen LogP contribution >= 0.6 is 0 Å². The third-order valence-corrected chi connectivity index (χ3v) is 23.0. The quantitative estimate of drug-likeness (QED) is 0.0453. The van der Waals surface area contributed by atoms with Gasteiger partial charge in [-0.2, -0.15) is 5.11 Å². The SMILES string of the molecule is CN[C@@H](C)C(=O)N[C@H](C(=O)N1C[C@@H]2C[C@H]1C(=O)N[C@@H](Cc1ccc3ccccc3c1)C(=O)C[C@H](C(=O)O)Cc1ccc(cc1)OCc1cn(nn1)[C@H]1C[C@@H](C(=O)N[C@@H](Cc3ccc4ccccc4c3)C(=O)N[C@H](C(=O)NCc3cccc(C4=NN=NC4)c3)Cc3ccc(cc3)OCc3cn2nn3)N(C(=O)[C@@H](NC(=O)[C@H](C)NC)C(C)(C)C)C1)C(C)(C)C. The molecule has 0 unspecified atom stereocenters. The summed E-state index contributed by atoms with van der Waals surface area (Å²) in [5.41, 5.74) is 3.57. The van der Waals surface area contributed by atoms with Crippen LogP contribution in [0.2, 0.25) is 0 Å². The minimum Gasteiger partial charge on any atom is -0.487 e. The van der Waals surface area contributed by atoms with E-state index in [2.05, 4.69) is 78.6 Å². The van der Waals surface area contributed by atoms with Gasteiger partial charge >= 0.3 is 5.97 Å². The van der Waals surface area contributed by atoms with E-state index >= 15 is 33.6 Å². The first-order chi connectivity index (χ1) is 58.4. The van der Waals surface area contributed by atoms with E-state index < -0.39 is 149 Å². The van der Waals surface area contributed by atoms with Crippen LogP contribution in [0.1, 0.15) is 132 Å². The number of benzene rings is 7. The van der Waals surface area contributed by atoms with E-state index in [0.29, 0.717) is 57.4 Å². The molecule has 12 atom stereocenters. The monoisotopic (exact) mass is 1660 g/mol. The summed E-state index contributed by atoms with van der Waals surface area (Å²) in [6.45, 7) is 14.1. The van der Waals surface area contributed by atoms with Crippen molar-refractivity contribution in [3.63, 3.8) is 0 Å². The smallest absolute Gasteiger partial charge is 0.307 e. The molecule has 2 fully saturated rings. The first-order valence-electron chi connectivity index (χ1n) is 41.2. The van der Waals surface area contributed by atoms with Crippen LogP contribution in [0.5, 0.6) is 11.5 Å². The van der Waals surface area contributed by atoms with Crippen LogP contribution in [0.15, 0.2) is 186 Å². The maximum Gasteiger partial charge on any atom is 0.307 e. The number of Topliss-reactive ketones (excluding diaryl/α,β-unsaturated/α-hetero) is 1. The molecule has 2 aromatic heterocycles. The van der Waals surface area contributed by atoms with E-state index in [1.165, 1.54) is 9.80 Å². The minimum atomic E-state index is -1.38. The van der Waals surface area contributed by atoms with Gasteiger partial charge in [-0.25, -0.2) is 9.36 Å². The molecule has 9 heterocycles. The minimum absolute atomic E-state index is 0.0223. The molecule has 7 aromatic carbocycles. The molecule has 0 saturated carbocycles. The first kappa shape index (κ1) is 86.9. The first-order valence-corrected chi connectivity index (χ1v) is 41.2. The van der Waals surface area contributed by atoms with Crippen molar-refractivity contribution in [3.8, 4) is 11.5 Å². The number of ether oxygens (including phenoxy) is 2. The zero-order valence-corrected chi connectivity index (χ0v) is 70.1. The van der Waals surface area contributed by atoms with Crippen molar-refractivity contribution in [2.45, 2.75) is 187 Å². The lowest BCUT2D eigenvalue weighted by Gasteiger charge is -2.36. The number of carbonyl (C=O) groups excluding carboxylic acids is 9. The van der Waals surface area contributed by atoms with Gasteiger partial charge in [0.15, 0.2) is 5.78 Å². The molecule has 16 rings (SSSR count). The molecule has 7 aliphatic heterocycles. The summed E-state index contributed by atoms with van der Waals surface area (Å²) in [6.07, 6.45) is 2.46. The number of ketones is 1. The molecule has 0 aliphatic carbocycles. The van der Waals surface area contributed by atoms with Gasteiger partial charge in [-0.3, -0.25) is 47.9 Å². The molecule has 0 radical (unpaired) electrons. The third-order valence-electron chi connectivity index (χ3n) is 23.0. The lowest BCUT2D eigenvalue weighted by Crippen LogP contribution is -2.61. The summed E-state index contributed by atoms with van der Waals surface area (Å²) in [4.78, 5) is 151. The normalized spacial score (nSPS) is 21.2. The van der Waals surface area contributed by atoms with Crippen LogP contribution in [-0.4, -0.2) is 198 Å². The van der Waals surface area contributed by atoms with Crippen molar-refractivity contribution in [3.05, 3.63) is 215 Å². The van der Waals surface area contributed by atoms with Gasteiger partial charge in [-0.15, -0.1) is 15.3 Å². The van der Waals surface area contributed by atoms with E-state index in [0.717, 1.165) is 32.7 Å². The highest BCUT2D eigenvalue weighted by Crippen LogP contribution is 2.35. The lowest BCUT2D eigenvalue weighted by molar-refractivity contribution is -0.145. The van der Waals surface area contributed by atoms with Crippen molar-refractivity contribution in [1.29, 1.82) is 0 Å². The average molecular weight is 1660 g/mol. The molecule has 638 valence electrons. The number of likely N-dealkylation sites (N-methyl/N-ethyl adjacent to an activating group) is 2. The average Bonchev–Trinajstić information content (AvgIpc) is 1.63. The molecular weight excluding hydrogens is 1560 g/mol. The van der Waals surface area contributed by atoms with E-state index in [9.17, 15) is 19.5 Å². The maximum absolute atomic E-state index is 15.7. The molecule has 7 aliphatic rings. The van der Waals surface area contributed by atoms with E-state index in [4.69, 9.17) is 9.47 Å². The van der Waals surface area contributed by atoms with Crippen molar-refractivity contribution < 1.29 is 62.5 Å². The molecule has 9 aromatic rings. The summed E-state index contributed by atoms with van der Waals surface area (Å²) in [6, 6.07) is 36.2. The molecular formula is C90H105N19O13. The Morgan fingerprint density at radius 1 is 0.541 bits per heavy atom. The Hall–Kier alpha value is -13.0. The number of carboxylic acids is 1. The highest BCUT2D eigenvalue weighted by atomic mass is 16.5. The van der Waals surface area contributed by atoms with E-state index in [1.807, 2.05) is 109 Å². The highest BCUT2D eigenvalue weighted by Gasteiger charge is 2.49. The number of fused-ring (bicyclic) bond motifs is 2. The molecule has 32 heteroatoms. The summed E-state index contributed by atoms with van der Waals surface area (Å²) >= 11 is 0. The Kier molecular flexibility index (Phi) is 27.2. The number of nitrogens with one attached hydrogen (secondary N) is 8. The van der Waals surface area contributed by atoms with Gasteiger partial charge in [0.1, 0.15) is 78.9 Å². The zero-order chi connectivity index (χ0) is 86.7. The maximum atomic E-state index is 15.7. The number of carbonyl (C=O) groups is 10. The summed E-state index contributed by atoms with van der Waals surface area (Å²) < 4.78 is 15.7. The van der Waals surface area contributed by atoms with Gasteiger partial charge in [0.25, 0.3) is 0 Å². The standard InChI is InChI=1S/C90H105N19O13/c1-52(91-9)80(111)98-78(89(3,4)5)86(117)106-48-67-42-75(106)84(115)95-71(39-56-22-28-59-17-11-13-19-61(59)35-56)77(110)41-64(88(119)120)34-54-24-30-69(31-25-54)121-50-65-47-109(105-100-65)68-43-76(107(49-68)87(118)79(90(6,7)8)99-81(112)53(2)92-10)85(116)97-73(40-57-23-29-60-18-12-14-20-62(60)36-57)83(114)96-72(38-55-26-32-70(33-27-55)122-51-66-46-108(67)104-101-66)82(113)93-44-58-16-15-21-63(37-58)74-45-94-103-102-74/h11-33,35-37,46-47,52-53,64,67-68,71-73,75-76,78-79,91-92H,34,38-45,48-51H2,1-10H3,(H,93,113)(H,95,115)(H,96,114)(H,97,116)(H,98,111)(H,99,112)(H,119,120)/t52-,53-,64+,67-,68-,71-,72-,73-,75-,76-,78+,79+/m0/s1. The van der Waals surface area contributed by atoms with Gasteiger partial charge in [0.05, 0.1) is 54.2 Å². The molecule has 122 heavy (non-hydrogen) atoms. The Morgan fingerprint density at radius 3 is 1.50 bits per heavy atom. The van der Waals surface area contributed by atoms with E-state index in [-0.39, 0.29) is 71.4 Å². The Morgan fingerprint density at radius 2 is 1.02 bits per heavy atom. The van der Waals surface area contributed by atoms with Crippen molar-refractivity contribution >= 4 is 86.3 Å². The van der Waals surface area contributed by atoms with Crippen molar-refractivity contribution in [2.75, 3.05) is 33.7 Å². The van der Waals surface area contributed by atoms with Crippen LogP contribution < -0.4 is 52.0 Å². The summed E-state index contributed by atoms with van der Waals surface area (Å²) in [5, 5.41) is 68.2. The largest absolute Gasteiger partial charge is 0.487 e. The van der Waals surface area contributed by atoms with Crippen molar-refractivity contribution in [1.82, 2.24) is 82.3 Å². The Balaban J connectivity index is 0.846. The molecule has 9 N–H and O–H groups in total. The summed E-state index contributed by atoms with van der Waals surface area (Å²) in [7, 11) is 3.24. The van der Waals surface area contributed by atoms with Crippen LogP contribution in [0, 0.1) is 16.7 Å². The number of aliphatic carboxylic acids is 1. The molecule has 8 amide bonds. The number of likely N-dealkylation sites (tertiary alicyclic amines) is 2. The number of rotatable bonds is 17. The number of carboxylic acid groups (broad SMARTS) is 1. The summed E-state index contributed by atoms with van der Waals surface area (Å²) in [5.74, 6) is -7.05. The van der Waals surface area contributed by atoms with Gasteiger partial charge in [-0.1, -0.05) is 179 Å². The number of nitrogens with zero attached hydrogens (tertiary/aromatic N) is 11.